The van der Waals surface area contributed by atoms with Crippen LogP contribution in [0.25, 0.3) is 0 Å². The first-order valence-corrected chi connectivity index (χ1v) is 9.47. The summed E-state index contributed by atoms with van der Waals surface area (Å²) in [6.45, 7) is 0. The van der Waals surface area contributed by atoms with Crippen LogP contribution in [0.3, 0.4) is 0 Å². The summed E-state index contributed by atoms with van der Waals surface area (Å²) in [6.07, 6.45) is 6.99. The molecule has 4 rings (SSSR count). The quantitative estimate of drug-likeness (QED) is 0.777. The maximum absolute atomic E-state index is 8.92. The first kappa shape index (κ1) is 14.6. The Kier molecular flexibility index (Phi) is 3.78. The van der Waals surface area contributed by atoms with Crippen molar-refractivity contribution in [1.29, 1.82) is 5.26 Å². The first-order chi connectivity index (χ1) is 11.3. The van der Waals surface area contributed by atoms with Gasteiger partial charge < -0.3 is 4.74 Å². The summed E-state index contributed by atoms with van der Waals surface area (Å²) < 4.78 is 8.42. The normalized spacial score (nSPS) is 17.0. The van der Waals surface area contributed by atoms with Gasteiger partial charge in [-0.25, -0.2) is 0 Å². The van der Waals surface area contributed by atoms with Gasteiger partial charge in [-0.3, -0.25) is 4.68 Å². The fourth-order valence-electron chi connectivity index (χ4n) is 2.90. The number of rotatable bonds is 6. The van der Waals surface area contributed by atoms with Crippen molar-refractivity contribution in [2.75, 3.05) is 6.26 Å². The molecule has 2 aromatic rings. The van der Waals surface area contributed by atoms with E-state index in [4.69, 9.17) is 15.1 Å². The molecule has 4 nitrogen and oxygen atoms in total. The van der Waals surface area contributed by atoms with Crippen molar-refractivity contribution < 1.29 is 4.74 Å². The Morgan fingerprint density at radius 1 is 1.22 bits per heavy atom. The summed E-state index contributed by atoms with van der Waals surface area (Å²) in [5.74, 6) is 3.80. The van der Waals surface area contributed by atoms with Gasteiger partial charge in [0.25, 0.3) is 0 Å². The highest BCUT2D eigenvalue weighted by atomic mass is 32.2. The molecule has 118 valence electrons. The molecule has 0 atom stereocenters. The van der Waals surface area contributed by atoms with Crippen molar-refractivity contribution in [3.05, 3.63) is 41.2 Å². The van der Waals surface area contributed by atoms with Gasteiger partial charge in [0.15, 0.2) is 5.75 Å². The van der Waals surface area contributed by atoms with E-state index in [-0.39, 0.29) is 0 Å². The van der Waals surface area contributed by atoms with Crippen molar-refractivity contribution in [3.8, 4) is 17.6 Å². The number of hydrogen-bond donors (Lipinski definition) is 0. The van der Waals surface area contributed by atoms with Gasteiger partial charge in [-0.2, -0.15) is 10.4 Å². The molecule has 1 aromatic carbocycles. The Morgan fingerprint density at radius 3 is 2.48 bits per heavy atom. The summed E-state index contributed by atoms with van der Waals surface area (Å²) in [7, 11) is 0. The highest BCUT2D eigenvalue weighted by Crippen LogP contribution is 2.52. The van der Waals surface area contributed by atoms with Crippen LogP contribution in [-0.4, -0.2) is 16.0 Å². The second-order valence-corrected chi connectivity index (χ2v) is 7.14. The van der Waals surface area contributed by atoms with Crippen LogP contribution in [0.1, 0.15) is 54.5 Å². The lowest BCUT2D eigenvalue weighted by Gasteiger charge is -2.10. The number of nitriles is 1. The fourth-order valence-corrected chi connectivity index (χ4v) is 3.34. The molecule has 0 radical (unpaired) electrons. The largest absolute Gasteiger partial charge is 0.453 e. The third kappa shape index (κ3) is 2.96. The average molecular weight is 325 g/mol. The molecule has 1 aromatic heterocycles. The molecule has 2 aliphatic rings. The second-order valence-electron chi connectivity index (χ2n) is 6.30. The number of aromatic nitrogens is 2. The molecule has 0 spiro atoms. The van der Waals surface area contributed by atoms with Gasteiger partial charge in [-0.05, 0) is 56.2 Å². The minimum absolute atomic E-state index is 0.559. The predicted octanol–water partition coefficient (Wildman–Crippen LogP) is 4.62. The smallest absolute Gasteiger partial charge is 0.172 e. The summed E-state index contributed by atoms with van der Waals surface area (Å²) in [5.41, 5.74) is 3.05. The Balaban J connectivity index is 1.71. The second kappa shape index (κ2) is 5.93. The summed E-state index contributed by atoms with van der Waals surface area (Å²) in [4.78, 5) is 0. The van der Waals surface area contributed by atoms with Gasteiger partial charge >= 0.3 is 0 Å². The highest BCUT2D eigenvalue weighted by molar-refractivity contribution is 7.97. The molecule has 2 fully saturated rings. The van der Waals surface area contributed by atoms with Crippen LogP contribution in [-0.2, 0) is 5.88 Å². The van der Waals surface area contributed by atoms with E-state index in [9.17, 15) is 0 Å². The first-order valence-electron chi connectivity index (χ1n) is 8.07. The van der Waals surface area contributed by atoms with E-state index in [0.717, 1.165) is 23.1 Å². The molecule has 0 aliphatic heterocycles. The maximum Gasteiger partial charge on any atom is 0.172 e. The summed E-state index contributed by atoms with van der Waals surface area (Å²) >= 11 is 1.79. The highest BCUT2D eigenvalue weighted by Gasteiger charge is 2.38. The molecule has 2 saturated carbocycles. The lowest BCUT2D eigenvalue weighted by Crippen LogP contribution is -2.02. The molecule has 2 aliphatic carbocycles. The Labute approximate surface area is 140 Å². The van der Waals surface area contributed by atoms with Gasteiger partial charge in [0.1, 0.15) is 11.4 Å². The standard InChI is InChI=1S/C18H19N3OS/c1-23-11-21-17(14-6-7-14)18(16(20-21)13-4-5-13)22-15-8-2-12(10-19)3-9-15/h2-3,8-9,13-14H,4-7,11H2,1H3. The molecule has 0 unspecified atom stereocenters. The molecular weight excluding hydrogens is 306 g/mol. The Bertz CT molecular complexity index is 752. The van der Waals surface area contributed by atoms with Crippen molar-refractivity contribution in [2.24, 2.45) is 0 Å². The van der Waals surface area contributed by atoms with Gasteiger partial charge in [0, 0.05) is 11.8 Å². The lowest BCUT2D eigenvalue weighted by molar-refractivity contribution is 0.468. The van der Waals surface area contributed by atoms with Crippen molar-refractivity contribution in [3.63, 3.8) is 0 Å². The average Bonchev–Trinajstić information content (AvgIpc) is 3.48. The van der Waals surface area contributed by atoms with Crippen LogP contribution in [0.5, 0.6) is 11.5 Å². The molecule has 0 amide bonds. The molecule has 1 heterocycles. The Morgan fingerprint density at radius 2 is 1.91 bits per heavy atom. The molecule has 23 heavy (non-hydrogen) atoms. The fraction of sp³-hybridized carbons (Fsp3) is 0.444. The van der Waals surface area contributed by atoms with Crippen LogP contribution >= 0.6 is 11.8 Å². The monoisotopic (exact) mass is 325 g/mol. The maximum atomic E-state index is 8.92. The number of ether oxygens (including phenoxy) is 1. The van der Waals surface area contributed by atoms with E-state index in [1.54, 1.807) is 23.9 Å². The van der Waals surface area contributed by atoms with Crippen LogP contribution in [0, 0.1) is 11.3 Å². The van der Waals surface area contributed by atoms with Gasteiger partial charge in [0.2, 0.25) is 0 Å². The topological polar surface area (TPSA) is 50.8 Å². The number of thioether (sulfide) groups is 1. The number of benzene rings is 1. The van der Waals surface area contributed by atoms with E-state index in [0.29, 0.717) is 17.4 Å². The van der Waals surface area contributed by atoms with Crippen LogP contribution in [0.15, 0.2) is 24.3 Å². The third-order valence-corrected chi connectivity index (χ3v) is 4.86. The summed E-state index contributed by atoms with van der Waals surface area (Å²) in [6, 6.07) is 9.49. The number of nitrogens with zero attached hydrogens (tertiary/aromatic N) is 3. The minimum Gasteiger partial charge on any atom is -0.453 e. The van der Waals surface area contributed by atoms with E-state index >= 15 is 0 Å². The van der Waals surface area contributed by atoms with Crippen molar-refractivity contribution >= 4 is 11.8 Å². The zero-order valence-electron chi connectivity index (χ0n) is 13.2. The van der Waals surface area contributed by atoms with Crippen molar-refractivity contribution in [1.82, 2.24) is 9.78 Å². The van der Waals surface area contributed by atoms with E-state index in [2.05, 4.69) is 17.0 Å². The van der Waals surface area contributed by atoms with Crippen molar-refractivity contribution in [2.45, 2.75) is 43.4 Å². The van der Waals surface area contributed by atoms with Gasteiger partial charge in [0.05, 0.1) is 23.2 Å². The zero-order chi connectivity index (χ0) is 15.8. The van der Waals surface area contributed by atoms with Crippen LogP contribution < -0.4 is 4.74 Å². The molecule has 0 bridgehead atoms. The van der Waals surface area contributed by atoms with Gasteiger partial charge in [-0.15, -0.1) is 11.8 Å². The SMILES string of the molecule is CSCn1nc(C2CC2)c(Oc2ccc(C#N)cc2)c1C1CC1. The molecule has 0 saturated heterocycles. The number of hydrogen-bond acceptors (Lipinski definition) is 4. The third-order valence-electron chi connectivity index (χ3n) is 4.35. The predicted molar refractivity (Wildman–Crippen MR) is 90.9 cm³/mol. The molecule has 0 N–H and O–H groups in total. The minimum atomic E-state index is 0.559. The van der Waals surface area contributed by atoms with Crippen LogP contribution in [0.2, 0.25) is 0 Å². The molecular formula is C18H19N3OS. The zero-order valence-corrected chi connectivity index (χ0v) is 14.0. The van der Waals surface area contributed by atoms with E-state index < -0.39 is 0 Å². The molecule has 5 heteroatoms. The summed E-state index contributed by atoms with van der Waals surface area (Å²) in [5, 5.41) is 13.8. The lowest BCUT2D eigenvalue weighted by atomic mass is 10.2. The van der Waals surface area contributed by atoms with E-state index in [1.807, 2.05) is 12.1 Å². The van der Waals surface area contributed by atoms with Crippen LogP contribution in [0.4, 0.5) is 0 Å². The van der Waals surface area contributed by atoms with E-state index in [1.165, 1.54) is 31.4 Å². The van der Waals surface area contributed by atoms with Gasteiger partial charge in [-0.1, -0.05) is 0 Å². The Hall–Kier alpha value is -1.93.